The van der Waals surface area contributed by atoms with E-state index in [1.54, 1.807) is 6.92 Å². The Balaban J connectivity index is 2.32. The number of aryl methyl sites for hydroxylation is 3. The third kappa shape index (κ3) is 5.16. The molecular formula is C22H30NOP. The van der Waals surface area contributed by atoms with Gasteiger partial charge < -0.3 is 4.90 Å². The second kappa shape index (κ2) is 8.63. The van der Waals surface area contributed by atoms with E-state index in [1.807, 2.05) is 11.9 Å². The standard InChI is InChI=1S/C22H30NOP/c1-16-12-17(2)22(18(3)13-16)15-25(21-10-8-7-9-11-21)14-19(4)23(6)20(5)24/h7-13,19H,14-15H2,1-6H3. The highest BCUT2D eigenvalue weighted by atomic mass is 31.1. The highest BCUT2D eigenvalue weighted by Gasteiger charge is 2.21. The topological polar surface area (TPSA) is 20.3 Å². The third-order valence-electron chi connectivity index (χ3n) is 4.95. The molecule has 2 aromatic rings. The summed E-state index contributed by atoms with van der Waals surface area (Å²) in [6.07, 6.45) is 2.11. The van der Waals surface area contributed by atoms with Gasteiger partial charge in [-0.2, -0.15) is 0 Å². The number of hydrogen-bond donors (Lipinski definition) is 0. The summed E-state index contributed by atoms with van der Waals surface area (Å²) >= 11 is 0. The lowest BCUT2D eigenvalue weighted by atomic mass is 10.0. The minimum Gasteiger partial charge on any atom is -0.343 e. The molecule has 0 aromatic heterocycles. The molecule has 0 fully saturated rings. The molecule has 0 radical (unpaired) electrons. The molecule has 25 heavy (non-hydrogen) atoms. The van der Waals surface area contributed by atoms with Crippen LogP contribution in [0, 0.1) is 20.8 Å². The van der Waals surface area contributed by atoms with E-state index in [2.05, 4.69) is 70.2 Å². The van der Waals surface area contributed by atoms with E-state index in [4.69, 9.17) is 0 Å². The van der Waals surface area contributed by atoms with Crippen molar-refractivity contribution in [2.75, 3.05) is 13.2 Å². The van der Waals surface area contributed by atoms with Crippen LogP contribution < -0.4 is 5.30 Å². The first-order valence-electron chi connectivity index (χ1n) is 8.89. The molecular weight excluding hydrogens is 325 g/mol. The molecule has 2 atom stereocenters. The fourth-order valence-corrected chi connectivity index (χ4v) is 6.18. The van der Waals surface area contributed by atoms with Gasteiger partial charge >= 0.3 is 0 Å². The maximum Gasteiger partial charge on any atom is 0.219 e. The second-order valence-electron chi connectivity index (χ2n) is 7.07. The number of rotatable bonds is 6. The summed E-state index contributed by atoms with van der Waals surface area (Å²) in [6.45, 7) is 10.4. The Bertz CT molecular complexity index is 703. The van der Waals surface area contributed by atoms with Crippen LogP contribution in [-0.4, -0.2) is 30.1 Å². The van der Waals surface area contributed by atoms with Crippen LogP contribution in [0.1, 0.15) is 36.1 Å². The molecule has 2 aromatic carbocycles. The van der Waals surface area contributed by atoms with E-state index in [1.165, 1.54) is 27.6 Å². The van der Waals surface area contributed by atoms with Crippen LogP contribution in [0.25, 0.3) is 0 Å². The van der Waals surface area contributed by atoms with Gasteiger partial charge in [0, 0.05) is 20.0 Å². The van der Waals surface area contributed by atoms with Gasteiger partial charge in [0.15, 0.2) is 0 Å². The van der Waals surface area contributed by atoms with E-state index >= 15 is 0 Å². The van der Waals surface area contributed by atoms with Crippen molar-refractivity contribution in [3.8, 4) is 0 Å². The van der Waals surface area contributed by atoms with Crippen molar-refractivity contribution >= 4 is 19.1 Å². The zero-order chi connectivity index (χ0) is 18.6. The van der Waals surface area contributed by atoms with Crippen molar-refractivity contribution in [2.24, 2.45) is 0 Å². The molecule has 0 aliphatic carbocycles. The SMILES string of the molecule is CC(=O)N(C)C(C)CP(Cc1c(C)cc(C)cc1C)c1ccccc1. The van der Waals surface area contributed by atoms with E-state index in [9.17, 15) is 4.79 Å². The number of nitrogens with zero attached hydrogens (tertiary/aromatic N) is 1. The van der Waals surface area contributed by atoms with E-state index < -0.39 is 0 Å². The summed E-state index contributed by atoms with van der Waals surface area (Å²) in [7, 11) is 1.55. The zero-order valence-electron chi connectivity index (χ0n) is 16.3. The van der Waals surface area contributed by atoms with E-state index in [0.29, 0.717) is 0 Å². The molecule has 0 saturated carbocycles. The summed E-state index contributed by atoms with van der Waals surface area (Å²) in [5, 5.41) is 1.42. The van der Waals surface area contributed by atoms with Crippen molar-refractivity contribution in [3.05, 3.63) is 64.7 Å². The number of carbonyl (C=O) groups excluding carboxylic acids is 1. The molecule has 0 N–H and O–H groups in total. The van der Waals surface area contributed by atoms with Gasteiger partial charge in [0.1, 0.15) is 0 Å². The number of carbonyl (C=O) groups is 1. The number of amides is 1. The summed E-state index contributed by atoms with van der Waals surface area (Å²) in [6, 6.07) is 15.6. The minimum absolute atomic E-state index is 0.137. The monoisotopic (exact) mass is 355 g/mol. The van der Waals surface area contributed by atoms with Crippen LogP contribution in [0.15, 0.2) is 42.5 Å². The minimum atomic E-state index is -0.365. The van der Waals surface area contributed by atoms with Crippen molar-refractivity contribution in [1.82, 2.24) is 4.90 Å². The Labute approximate surface area is 154 Å². The Morgan fingerprint density at radius 2 is 1.64 bits per heavy atom. The van der Waals surface area contributed by atoms with Gasteiger partial charge in [-0.25, -0.2) is 0 Å². The summed E-state index contributed by atoms with van der Waals surface area (Å²) in [5.74, 6) is 0.137. The average Bonchev–Trinajstić information content (AvgIpc) is 2.56. The lowest BCUT2D eigenvalue weighted by Gasteiger charge is -2.29. The molecule has 0 heterocycles. The molecule has 2 unspecified atom stereocenters. The average molecular weight is 355 g/mol. The molecule has 1 amide bonds. The smallest absolute Gasteiger partial charge is 0.219 e. The van der Waals surface area contributed by atoms with Gasteiger partial charge in [-0.3, -0.25) is 4.79 Å². The molecule has 2 rings (SSSR count). The van der Waals surface area contributed by atoms with Gasteiger partial charge in [0.05, 0.1) is 0 Å². The van der Waals surface area contributed by atoms with Crippen LogP contribution in [0.4, 0.5) is 0 Å². The summed E-state index contributed by atoms with van der Waals surface area (Å²) in [5.41, 5.74) is 5.56. The van der Waals surface area contributed by atoms with Gasteiger partial charge in [-0.15, -0.1) is 0 Å². The predicted octanol–water partition coefficient (Wildman–Crippen LogP) is 4.79. The first kappa shape index (κ1) is 19.7. The molecule has 0 aliphatic heterocycles. The lowest BCUT2D eigenvalue weighted by Crippen LogP contribution is -2.36. The Hall–Kier alpha value is -1.66. The highest BCUT2D eigenvalue weighted by Crippen LogP contribution is 2.41. The second-order valence-corrected chi connectivity index (χ2v) is 9.35. The third-order valence-corrected chi connectivity index (χ3v) is 7.65. The molecule has 0 bridgehead atoms. The van der Waals surface area contributed by atoms with Crippen LogP contribution in [0.3, 0.4) is 0 Å². The Morgan fingerprint density at radius 3 is 2.16 bits per heavy atom. The Morgan fingerprint density at radius 1 is 1.08 bits per heavy atom. The maximum absolute atomic E-state index is 11.7. The maximum atomic E-state index is 11.7. The van der Waals surface area contributed by atoms with Crippen molar-refractivity contribution in [2.45, 2.75) is 46.8 Å². The molecule has 0 spiro atoms. The van der Waals surface area contributed by atoms with Crippen LogP contribution in [0.2, 0.25) is 0 Å². The van der Waals surface area contributed by atoms with Gasteiger partial charge in [-0.1, -0.05) is 55.9 Å². The highest BCUT2D eigenvalue weighted by molar-refractivity contribution is 7.64. The van der Waals surface area contributed by atoms with Gasteiger partial charge in [-0.05, 0) is 62.0 Å². The van der Waals surface area contributed by atoms with Crippen molar-refractivity contribution in [3.63, 3.8) is 0 Å². The summed E-state index contributed by atoms with van der Waals surface area (Å²) < 4.78 is 0. The largest absolute Gasteiger partial charge is 0.343 e. The lowest BCUT2D eigenvalue weighted by molar-refractivity contribution is -0.128. The quantitative estimate of drug-likeness (QED) is 0.683. The number of benzene rings is 2. The molecule has 0 aliphatic rings. The van der Waals surface area contributed by atoms with Gasteiger partial charge in [0.25, 0.3) is 0 Å². The van der Waals surface area contributed by atoms with Crippen molar-refractivity contribution in [1.29, 1.82) is 0 Å². The fraction of sp³-hybridized carbons (Fsp3) is 0.409. The molecule has 3 heteroatoms. The van der Waals surface area contributed by atoms with E-state index in [-0.39, 0.29) is 19.9 Å². The molecule has 2 nitrogen and oxygen atoms in total. The number of hydrogen-bond acceptors (Lipinski definition) is 1. The van der Waals surface area contributed by atoms with Gasteiger partial charge in [0.2, 0.25) is 5.91 Å². The molecule has 134 valence electrons. The zero-order valence-corrected chi connectivity index (χ0v) is 17.2. The molecule has 0 saturated heterocycles. The normalized spacial score (nSPS) is 13.4. The predicted molar refractivity (Wildman–Crippen MR) is 110 cm³/mol. The van der Waals surface area contributed by atoms with Crippen LogP contribution >= 0.6 is 7.92 Å². The van der Waals surface area contributed by atoms with Crippen LogP contribution in [-0.2, 0) is 11.0 Å². The summed E-state index contributed by atoms with van der Waals surface area (Å²) in [4.78, 5) is 13.6. The Kier molecular flexibility index (Phi) is 6.79. The van der Waals surface area contributed by atoms with Crippen LogP contribution in [0.5, 0.6) is 0 Å². The fourth-order valence-electron chi connectivity index (χ4n) is 3.30. The first-order valence-corrected chi connectivity index (χ1v) is 10.6. The van der Waals surface area contributed by atoms with Crippen molar-refractivity contribution < 1.29 is 4.79 Å². The first-order chi connectivity index (χ1) is 11.8. The van der Waals surface area contributed by atoms with E-state index in [0.717, 1.165) is 12.3 Å².